The molecule has 4 nitrogen and oxygen atoms in total. The van der Waals surface area contributed by atoms with Crippen LogP contribution < -0.4 is 11.1 Å². The van der Waals surface area contributed by atoms with Gasteiger partial charge in [-0.2, -0.15) is 0 Å². The van der Waals surface area contributed by atoms with Crippen LogP contribution in [0.1, 0.15) is 41.2 Å². The average molecular weight is 323 g/mol. The second-order valence-corrected chi connectivity index (χ2v) is 6.43. The zero-order valence-electron chi connectivity index (χ0n) is 14.1. The molecule has 1 aliphatic carbocycles. The van der Waals surface area contributed by atoms with Crippen molar-refractivity contribution in [3.63, 3.8) is 0 Å². The van der Waals surface area contributed by atoms with Gasteiger partial charge in [0.15, 0.2) is 5.96 Å². The van der Waals surface area contributed by atoms with E-state index < -0.39 is 6.10 Å². The summed E-state index contributed by atoms with van der Waals surface area (Å²) in [7, 11) is 0. The van der Waals surface area contributed by atoms with Gasteiger partial charge in [0.25, 0.3) is 0 Å². The van der Waals surface area contributed by atoms with Crippen molar-refractivity contribution in [1.82, 2.24) is 0 Å². The number of aliphatic imine (C=N–C) groups is 1. The van der Waals surface area contributed by atoms with E-state index >= 15 is 0 Å². The highest BCUT2D eigenvalue weighted by Gasteiger charge is 2.13. The van der Waals surface area contributed by atoms with E-state index in [0.29, 0.717) is 5.96 Å². The van der Waals surface area contributed by atoms with Crippen LogP contribution in [0, 0.1) is 6.92 Å². The van der Waals surface area contributed by atoms with Gasteiger partial charge in [-0.15, -0.1) is 0 Å². The van der Waals surface area contributed by atoms with E-state index in [9.17, 15) is 5.11 Å². The first-order valence-electron chi connectivity index (χ1n) is 8.56. The number of rotatable bonds is 4. The van der Waals surface area contributed by atoms with Gasteiger partial charge in [-0.25, -0.2) is 0 Å². The molecule has 0 heterocycles. The number of guanidine groups is 1. The van der Waals surface area contributed by atoms with Crippen molar-refractivity contribution in [2.24, 2.45) is 10.7 Å². The normalized spacial score (nSPS) is 15.7. The van der Waals surface area contributed by atoms with Crippen LogP contribution in [0.2, 0.25) is 0 Å². The van der Waals surface area contributed by atoms with Crippen molar-refractivity contribution < 1.29 is 5.11 Å². The molecule has 4 N–H and O–H groups in total. The highest BCUT2D eigenvalue weighted by molar-refractivity contribution is 5.93. The van der Waals surface area contributed by atoms with Gasteiger partial charge in [-0.3, -0.25) is 4.99 Å². The molecule has 0 aliphatic heterocycles. The topological polar surface area (TPSA) is 70.6 Å². The molecule has 0 saturated heterocycles. The lowest BCUT2D eigenvalue weighted by Crippen LogP contribution is -2.25. The van der Waals surface area contributed by atoms with Crippen LogP contribution in [0.4, 0.5) is 5.69 Å². The molecule has 0 fully saturated rings. The largest absolute Gasteiger partial charge is 0.386 e. The van der Waals surface area contributed by atoms with Crippen molar-refractivity contribution in [1.29, 1.82) is 0 Å². The van der Waals surface area contributed by atoms with E-state index in [1.807, 2.05) is 37.3 Å². The van der Waals surface area contributed by atoms with Crippen LogP contribution in [-0.4, -0.2) is 17.6 Å². The third-order valence-corrected chi connectivity index (χ3v) is 4.52. The van der Waals surface area contributed by atoms with E-state index in [1.165, 1.54) is 24.0 Å². The molecule has 24 heavy (non-hydrogen) atoms. The zero-order valence-corrected chi connectivity index (χ0v) is 14.1. The Labute approximate surface area is 143 Å². The SMILES string of the molecule is Cc1cccc(C(O)CN=C(N)Nc2cccc3c2CCCC3)c1. The molecular formula is C20H25N3O. The molecule has 1 unspecified atom stereocenters. The van der Waals surface area contributed by atoms with Crippen LogP contribution in [0.15, 0.2) is 47.5 Å². The van der Waals surface area contributed by atoms with Crippen LogP contribution in [0.25, 0.3) is 0 Å². The maximum absolute atomic E-state index is 10.3. The Hall–Kier alpha value is -2.33. The van der Waals surface area contributed by atoms with Crippen LogP contribution in [0.5, 0.6) is 0 Å². The van der Waals surface area contributed by atoms with E-state index in [4.69, 9.17) is 5.73 Å². The molecule has 1 atom stereocenters. The highest BCUT2D eigenvalue weighted by Crippen LogP contribution is 2.27. The minimum atomic E-state index is -0.644. The van der Waals surface area contributed by atoms with Gasteiger partial charge in [-0.1, -0.05) is 42.0 Å². The Morgan fingerprint density at radius 3 is 2.83 bits per heavy atom. The summed E-state index contributed by atoms with van der Waals surface area (Å²) in [6.45, 7) is 2.26. The molecule has 126 valence electrons. The average Bonchev–Trinajstić information content (AvgIpc) is 2.60. The molecule has 4 heteroatoms. The zero-order chi connectivity index (χ0) is 16.9. The summed E-state index contributed by atoms with van der Waals surface area (Å²) in [6, 6.07) is 14.1. The monoisotopic (exact) mass is 323 g/mol. The number of aryl methyl sites for hydroxylation is 2. The van der Waals surface area contributed by atoms with Crippen molar-refractivity contribution in [3.05, 3.63) is 64.7 Å². The minimum absolute atomic E-state index is 0.247. The number of fused-ring (bicyclic) bond motifs is 1. The number of nitrogens with zero attached hydrogens (tertiary/aromatic N) is 1. The maximum Gasteiger partial charge on any atom is 0.193 e. The Morgan fingerprint density at radius 1 is 1.21 bits per heavy atom. The highest BCUT2D eigenvalue weighted by atomic mass is 16.3. The van der Waals surface area contributed by atoms with Gasteiger partial charge in [0.05, 0.1) is 12.6 Å². The summed E-state index contributed by atoms with van der Waals surface area (Å²) in [5.74, 6) is 0.348. The number of aliphatic hydroxyl groups is 1. The molecule has 0 bridgehead atoms. The van der Waals surface area contributed by atoms with Crippen molar-refractivity contribution in [2.75, 3.05) is 11.9 Å². The van der Waals surface area contributed by atoms with Crippen LogP contribution in [-0.2, 0) is 12.8 Å². The second-order valence-electron chi connectivity index (χ2n) is 6.43. The number of aliphatic hydroxyl groups excluding tert-OH is 1. The third-order valence-electron chi connectivity index (χ3n) is 4.52. The van der Waals surface area contributed by atoms with Crippen LogP contribution >= 0.6 is 0 Å². The van der Waals surface area contributed by atoms with E-state index in [-0.39, 0.29) is 6.54 Å². The van der Waals surface area contributed by atoms with Crippen molar-refractivity contribution >= 4 is 11.6 Å². The maximum atomic E-state index is 10.3. The molecule has 2 aromatic rings. The van der Waals surface area contributed by atoms with E-state index in [0.717, 1.165) is 29.7 Å². The second kappa shape index (κ2) is 7.49. The summed E-state index contributed by atoms with van der Waals surface area (Å²) < 4.78 is 0. The van der Waals surface area contributed by atoms with Gasteiger partial charge in [0, 0.05) is 5.69 Å². The summed E-state index contributed by atoms with van der Waals surface area (Å²) in [6.07, 6.45) is 4.04. The molecule has 2 aromatic carbocycles. The Balaban J connectivity index is 1.67. The molecule has 0 aromatic heterocycles. The molecule has 0 saturated carbocycles. The first-order chi connectivity index (χ1) is 11.6. The first kappa shape index (κ1) is 16.5. The van der Waals surface area contributed by atoms with E-state index in [2.05, 4.69) is 22.4 Å². The lowest BCUT2D eigenvalue weighted by Gasteiger charge is -2.20. The summed E-state index contributed by atoms with van der Waals surface area (Å²) in [5, 5.41) is 13.5. The lowest BCUT2D eigenvalue weighted by molar-refractivity contribution is 0.187. The number of hydrogen-bond donors (Lipinski definition) is 3. The molecule has 3 rings (SSSR count). The lowest BCUT2D eigenvalue weighted by atomic mass is 9.90. The number of hydrogen-bond acceptors (Lipinski definition) is 2. The Bertz CT molecular complexity index is 739. The smallest absolute Gasteiger partial charge is 0.193 e. The molecule has 0 amide bonds. The van der Waals surface area contributed by atoms with Gasteiger partial charge in [-0.05, 0) is 55.4 Å². The number of anilines is 1. The van der Waals surface area contributed by atoms with Crippen LogP contribution in [0.3, 0.4) is 0 Å². The van der Waals surface area contributed by atoms with Gasteiger partial charge in [0.1, 0.15) is 0 Å². The summed E-state index contributed by atoms with van der Waals surface area (Å²) in [5.41, 5.74) is 11.8. The van der Waals surface area contributed by atoms with Gasteiger partial charge < -0.3 is 16.2 Å². The standard InChI is InChI=1S/C20H25N3O/c1-14-6-4-9-16(12-14)19(24)13-22-20(21)23-18-11-5-8-15-7-2-3-10-17(15)18/h4-6,8-9,11-12,19,24H,2-3,7,10,13H2,1H3,(H3,21,22,23). The van der Waals surface area contributed by atoms with Crippen molar-refractivity contribution in [2.45, 2.75) is 38.7 Å². The fourth-order valence-corrected chi connectivity index (χ4v) is 3.24. The molecule has 0 spiro atoms. The molecular weight excluding hydrogens is 298 g/mol. The summed E-state index contributed by atoms with van der Waals surface area (Å²) >= 11 is 0. The number of benzene rings is 2. The quantitative estimate of drug-likeness (QED) is 0.597. The molecule has 1 aliphatic rings. The molecule has 0 radical (unpaired) electrons. The van der Waals surface area contributed by atoms with E-state index in [1.54, 1.807) is 0 Å². The fourth-order valence-electron chi connectivity index (χ4n) is 3.24. The van der Waals surface area contributed by atoms with Gasteiger partial charge in [0.2, 0.25) is 0 Å². The third kappa shape index (κ3) is 3.95. The first-order valence-corrected chi connectivity index (χ1v) is 8.56. The fraction of sp³-hybridized carbons (Fsp3) is 0.350. The number of nitrogens with two attached hydrogens (primary N) is 1. The summed E-state index contributed by atoms with van der Waals surface area (Å²) in [4.78, 5) is 4.31. The minimum Gasteiger partial charge on any atom is -0.386 e. The van der Waals surface area contributed by atoms with Crippen molar-refractivity contribution in [3.8, 4) is 0 Å². The van der Waals surface area contributed by atoms with Gasteiger partial charge >= 0.3 is 0 Å². The number of nitrogens with one attached hydrogen (secondary N) is 1. The predicted molar refractivity (Wildman–Crippen MR) is 99.3 cm³/mol. The predicted octanol–water partition coefficient (Wildman–Crippen LogP) is 3.33. The Morgan fingerprint density at radius 2 is 2.00 bits per heavy atom. The Kier molecular flexibility index (Phi) is 5.16.